The third kappa shape index (κ3) is 22.1. The quantitative estimate of drug-likeness (QED) is 0.0130. The Kier molecular flexibility index (Phi) is 29.8. The zero-order valence-corrected chi connectivity index (χ0v) is 57.8. The molecule has 0 aromatic heterocycles. The van der Waals surface area contributed by atoms with Crippen LogP contribution in [-0.4, -0.2) is 71.0 Å². The van der Waals surface area contributed by atoms with Crippen molar-refractivity contribution in [1.82, 2.24) is 0 Å². The first-order chi connectivity index (χ1) is 46.4. The van der Waals surface area contributed by atoms with Gasteiger partial charge in [0.1, 0.15) is 18.0 Å². The minimum absolute atomic E-state index is 0. The molecule has 0 bridgehead atoms. The molecule has 2 saturated carbocycles. The van der Waals surface area contributed by atoms with E-state index in [2.05, 4.69) is 162 Å². The number of unbranched alkanes of at least 4 members (excludes halogenated alkanes) is 4. The van der Waals surface area contributed by atoms with Crippen molar-refractivity contribution in [3.8, 4) is 50.3 Å². The van der Waals surface area contributed by atoms with E-state index in [-0.39, 0.29) is 92.2 Å². The highest BCUT2D eigenvalue weighted by molar-refractivity contribution is 6.11. The highest BCUT2D eigenvalue weighted by Gasteiger charge is 2.35. The monoisotopic (exact) mass is 1310 g/mol. The van der Waals surface area contributed by atoms with Gasteiger partial charge in [0.15, 0.2) is 5.78 Å². The second kappa shape index (κ2) is 38.0. The summed E-state index contributed by atoms with van der Waals surface area (Å²) in [7, 11) is 0. The molecular formula is C87H106O10. The van der Waals surface area contributed by atoms with Crippen LogP contribution in [0.1, 0.15) is 206 Å². The number of aliphatic hydroxyl groups excluding tert-OH is 3. The van der Waals surface area contributed by atoms with Gasteiger partial charge in [0, 0.05) is 47.7 Å². The molecule has 6 unspecified atom stereocenters. The topological polar surface area (TPSA) is 157 Å². The van der Waals surface area contributed by atoms with E-state index in [4.69, 9.17) is 14.2 Å². The number of carbonyl (C=O) groups is 4. The van der Waals surface area contributed by atoms with Gasteiger partial charge >= 0.3 is 17.9 Å². The molecule has 0 aliphatic heterocycles. The van der Waals surface area contributed by atoms with Crippen LogP contribution in [0.15, 0.2) is 188 Å². The molecule has 3 N–H and O–H groups in total. The number of rotatable bonds is 30. The Morgan fingerprint density at radius 3 is 1.25 bits per heavy atom. The van der Waals surface area contributed by atoms with Crippen molar-refractivity contribution in [2.45, 2.75) is 195 Å². The van der Waals surface area contributed by atoms with Crippen molar-refractivity contribution < 1.29 is 48.7 Å². The highest BCUT2D eigenvalue weighted by Crippen LogP contribution is 2.45. The summed E-state index contributed by atoms with van der Waals surface area (Å²) >= 11 is 0. The van der Waals surface area contributed by atoms with Crippen LogP contribution in [-0.2, 0) is 49.5 Å². The first-order valence-corrected chi connectivity index (χ1v) is 35.2. The molecule has 10 heteroatoms. The van der Waals surface area contributed by atoms with Gasteiger partial charge in [0.25, 0.3) is 0 Å². The summed E-state index contributed by atoms with van der Waals surface area (Å²) in [6.07, 6.45) is 17.1. The molecule has 6 atom stereocenters. The van der Waals surface area contributed by atoms with Gasteiger partial charge in [-0.25, -0.2) is 14.4 Å². The van der Waals surface area contributed by atoms with Gasteiger partial charge in [-0.05, 0) is 236 Å². The number of ether oxygens (including phenoxy) is 3. The van der Waals surface area contributed by atoms with Crippen LogP contribution in [0, 0.1) is 11.8 Å². The largest absolute Gasteiger partial charge is 0.459 e. The standard InChI is InChI=1S/C47H60O6.C39H42O4.CH4/c1-6-7-8-9-33-10-12-36(13-11-33)37-14-16-38(17-15-37)41-26-42(39-22-34(18-20-48)24-44(29-39)52-46(50)31(2)3)28-43(27-41)40-23-35(19-21-49)25-45(30-40)53-47(51)32(4)5;1-5-7-8-10-28-11-13-30(14-12-28)31-15-17-32(18-16-31)34-20-19-33(9-6-2)37(26-34)38(41)35-23-29(21-22-40)24-36(25-35)43-39(42)27(3)4;/h10-17,26-28,34-35,39-40,44-45,48-49H,2,4,6-9,18-25,29-30H2,1,3,5H3;11-20,23-26,40H,3,5-10,21-22H2,1-2,4H3;1H4. The van der Waals surface area contributed by atoms with E-state index in [9.17, 15) is 34.5 Å². The molecule has 0 spiro atoms. The van der Waals surface area contributed by atoms with Crippen molar-refractivity contribution in [3.05, 3.63) is 233 Å². The van der Waals surface area contributed by atoms with Crippen LogP contribution in [0.25, 0.3) is 44.5 Å². The van der Waals surface area contributed by atoms with E-state index in [1.54, 1.807) is 39.0 Å². The van der Waals surface area contributed by atoms with Gasteiger partial charge in [-0.15, -0.1) is 0 Å². The predicted octanol–water partition coefficient (Wildman–Crippen LogP) is 19.9. The summed E-state index contributed by atoms with van der Waals surface area (Å²) in [6.45, 7) is 22.8. The van der Waals surface area contributed by atoms with Gasteiger partial charge in [-0.2, -0.15) is 0 Å². The number of hydrogen-bond donors (Lipinski definition) is 3. The first kappa shape index (κ1) is 76.1. The summed E-state index contributed by atoms with van der Waals surface area (Å²) < 4.78 is 17.3. The van der Waals surface area contributed by atoms with E-state index < -0.39 is 5.97 Å². The average molecular weight is 1310 g/mol. The molecule has 0 heterocycles. The number of ketones is 1. The normalized spacial score (nSPS) is 17.3. The van der Waals surface area contributed by atoms with Crippen molar-refractivity contribution in [2.24, 2.45) is 11.8 Å². The fourth-order valence-electron chi connectivity index (χ4n) is 13.7. The molecule has 7 aromatic rings. The summed E-state index contributed by atoms with van der Waals surface area (Å²) in [5.41, 5.74) is 17.9. The maximum absolute atomic E-state index is 14.0. The smallest absolute Gasteiger partial charge is 0.338 e. The highest BCUT2D eigenvalue weighted by atomic mass is 16.5. The van der Waals surface area contributed by atoms with Crippen LogP contribution >= 0.6 is 0 Å². The summed E-state index contributed by atoms with van der Waals surface area (Å²) in [5, 5.41) is 29.4. The zero-order chi connectivity index (χ0) is 68.7. The molecule has 514 valence electrons. The van der Waals surface area contributed by atoms with Gasteiger partial charge in [-0.3, -0.25) is 4.79 Å². The molecular weight excluding hydrogens is 1200 g/mol. The number of carbonyl (C=O) groups excluding carboxylic acids is 4. The third-order valence-corrected chi connectivity index (χ3v) is 19.0. The lowest BCUT2D eigenvalue weighted by atomic mass is 9.72. The number of hydrogen-bond acceptors (Lipinski definition) is 10. The maximum Gasteiger partial charge on any atom is 0.338 e. The Bertz CT molecular complexity index is 3670. The molecule has 0 radical (unpaired) electrons. The second-order valence-electron chi connectivity index (χ2n) is 27.0. The summed E-state index contributed by atoms with van der Waals surface area (Å²) in [4.78, 5) is 51.4. The minimum Gasteiger partial charge on any atom is -0.459 e. The number of esters is 3. The van der Waals surface area contributed by atoms with Gasteiger partial charge in [-0.1, -0.05) is 207 Å². The molecule has 2 fully saturated rings. The lowest BCUT2D eigenvalue weighted by Crippen LogP contribution is -2.31. The molecule has 7 aromatic carbocycles. The molecule has 10 nitrogen and oxygen atoms in total. The van der Waals surface area contributed by atoms with E-state index in [1.807, 2.05) is 12.1 Å². The first-order valence-electron chi connectivity index (χ1n) is 35.2. The minimum atomic E-state index is -0.556. The average Bonchev–Trinajstić information content (AvgIpc) is 0.799. The summed E-state index contributed by atoms with van der Waals surface area (Å²) in [6, 6.07) is 53.1. The Labute approximate surface area is 578 Å². The molecule has 2 aliphatic carbocycles. The molecule has 9 rings (SSSR count). The van der Waals surface area contributed by atoms with Crippen molar-refractivity contribution in [3.63, 3.8) is 0 Å². The van der Waals surface area contributed by atoms with Crippen LogP contribution in [0.4, 0.5) is 0 Å². The van der Waals surface area contributed by atoms with Crippen LogP contribution in [0.5, 0.6) is 5.75 Å². The van der Waals surface area contributed by atoms with Crippen LogP contribution < -0.4 is 4.74 Å². The molecule has 97 heavy (non-hydrogen) atoms. The van der Waals surface area contributed by atoms with Crippen LogP contribution in [0.3, 0.4) is 0 Å². The fourth-order valence-corrected chi connectivity index (χ4v) is 13.7. The van der Waals surface area contributed by atoms with Gasteiger partial charge < -0.3 is 29.5 Å². The Hall–Kier alpha value is -8.28. The van der Waals surface area contributed by atoms with Crippen molar-refractivity contribution >= 4 is 23.7 Å². The molecule has 0 saturated heterocycles. The number of benzene rings is 7. The van der Waals surface area contributed by atoms with E-state index >= 15 is 0 Å². The SMILES string of the molecule is C.C=C(C)C(=O)OC1CC(CCO)CC(c2cc(-c3ccc(-c4ccc(CCCCC)cc4)cc3)cc(C3CC(CCO)CC(OC(=O)C(=C)C)C3)c2)C1.C=C(C)C(=O)Oc1cc(CCO)cc(C(=O)c2cc(-c3ccc(-c4ccc(CCCCC)cc4)cc3)ccc2CCC)c1. The molecule has 2 aliphatic rings. The van der Waals surface area contributed by atoms with E-state index in [1.165, 1.54) is 77.5 Å². The Morgan fingerprint density at radius 2 is 0.835 bits per heavy atom. The van der Waals surface area contributed by atoms with E-state index in [0.717, 1.165) is 90.3 Å². The van der Waals surface area contributed by atoms with Gasteiger partial charge in [0.2, 0.25) is 0 Å². The second-order valence-corrected chi connectivity index (χ2v) is 27.0. The number of aliphatic hydroxyl groups is 3. The van der Waals surface area contributed by atoms with Crippen molar-refractivity contribution in [2.75, 3.05) is 19.8 Å². The Balaban J connectivity index is 0.000000276. The fraction of sp³-hybridized carbons (Fsp3) is 0.402. The number of aryl methyl sites for hydroxylation is 3. The maximum atomic E-state index is 14.0. The lowest BCUT2D eigenvalue weighted by molar-refractivity contribution is -0.147. The lowest BCUT2D eigenvalue weighted by Gasteiger charge is -2.37. The Morgan fingerprint density at radius 1 is 0.412 bits per heavy atom. The van der Waals surface area contributed by atoms with Crippen LogP contribution in [0.2, 0.25) is 0 Å². The molecule has 0 amide bonds. The predicted molar refractivity (Wildman–Crippen MR) is 396 cm³/mol. The summed E-state index contributed by atoms with van der Waals surface area (Å²) in [5.74, 6) is -0.468. The van der Waals surface area contributed by atoms with E-state index in [0.29, 0.717) is 54.4 Å². The zero-order valence-electron chi connectivity index (χ0n) is 57.8. The van der Waals surface area contributed by atoms with Gasteiger partial charge in [0.05, 0.1) is 0 Å². The third-order valence-electron chi connectivity index (χ3n) is 19.0. The van der Waals surface area contributed by atoms with Crippen molar-refractivity contribution in [1.29, 1.82) is 0 Å².